The van der Waals surface area contributed by atoms with Gasteiger partial charge in [-0.1, -0.05) is 11.6 Å². The molecule has 0 aromatic rings. The van der Waals surface area contributed by atoms with Gasteiger partial charge in [0.05, 0.1) is 25.2 Å². The average Bonchev–Trinajstić information content (AvgIpc) is 3.63. The van der Waals surface area contributed by atoms with Gasteiger partial charge in [-0.05, 0) is 47.1 Å². The summed E-state index contributed by atoms with van der Waals surface area (Å²) in [6, 6.07) is 0. The second kappa shape index (κ2) is 9.85. The van der Waals surface area contributed by atoms with E-state index >= 15 is 0 Å². The van der Waals surface area contributed by atoms with E-state index in [2.05, 4.69) is 42.8 Å². The summed E-state index contributed by atoms with van der Waals surface area (Å²) < 4.78 is 23.7. The molecule has 0 radical (unpaired) electrons. The molecule has 4 unspecified atom stereocenters. The summed E-state index contributed by atoms with van der Waals surface area (Å²) in [5.41, 5.74) is 0.657. The lowest BCUT2D eigenvalue weighted by Gasteiger charge is -2.42. The Morgan fingerprint density at radius 2 is 1.94 bits per heavy atom. The van der Waals surface area contributed by atoms with Crippen LogP contribution in [0.3, 0.4) is 0 Å². The molecule has 3 fully saturated rings. The molecule has 1 spiro atoms. The van der Waals surface area contributed by atoms with Crippen molar-refractivity contribution in [2.75, 3.05) is 40.4 Å². The molecule has 2 aliphatic heterocycles. The number of likely N-dealkylation sites (N-methyl/N-ethyl adjacent to an activating group) is 1. The minimum absolute atomic E-state index is 0.00653. The Labute approximate surface area is 184 Å². The molecule has 9 nitrogen and oxygen atoms in total. The first-order chi connectivity index (χ1) is 14.8. The number of hydrogen-bond acceptors (Lipinski definition) is 7. The van der Waals surface area contributed by atoms with Crippen LogP contribution in [0.15, 0.2) is 11.6 Å². The molecule has 1 aliphatic carbocycles. The van der Waals surface area contributed by atoms with E-state index in [1.165, 1.54) is 5.57 Å². The van der Waals surface area contributed by atoms with E-state index in [9.17, 15) is 9.59 Å². The molecule has 0 aromatic carbocycles. The summed E-state index contributed by atoms with van der Waals surface area (Å²) in [6.45, 7) is 7.84. The monoisotopic (exact) mass is 439 g/mol. The van der Waals surface area contributed by atoms with Crippen molar-refractivity contribution in [2.45, 2.75) is 69.5 Å². The van der Waals surface area contributed by atoms with Crippen LogP contribution >= 0.6 is 0 Å². The topological polar surface area (TPSA) is 114 Å². The summed E-state index contributed by atoms with van der Waals surface area (Å²) in [6.07, 6.45) is 3.45. The number of nitrogens with one attached hydrogen (secondary N) is 3. The van der Waals surface area contributed by atoms with Crippen LogP contribution in [0.5, 0.6) is 0 Å². The number of amides is 2. The minimum atomic E-state index is -0.510. The van der Waals surface area contributed by atoms with E-state index in [4.69, 9.17) is 18.9 Å². The maximum atomic E-state index is 12.3. The highest BCUT2D eigenvalue weighted by Crippen LogP contribution is 2.59. The lowest BCUT2D eigenvalue weighted by atomic mass is 9.68. The number of rotatable bonds is 10. The zero-order valence-corrected chi connectivity index (χ0v) is 19.3. The molecule has 2 amide bonds. The molecule has 3 aliphatic rings. The normalized spacial score (nSPS) is 35.9. The second-order valence-electron chi connectivity index (χ2n) is 9.13. The van der Waals surface area contributed by atoms with Crippen molar-refractivity contribution in [3.8, 4) is 0 Å². The van der Waals surface area contributed by atoms with E-state index in [1.807, 2.05) is 0 Å². The Bertz CT molecular complexity index is 691. The molecule has 0 bridgehead atoms. The molecule has 2 saturated heterocycles. The second-order valence-corrected chi connectivity index (χ2v) is 9.13. The zero-order valence-electron chi connectivity index (χ0n) is 19.3. The molecule has 0 aromatic heterocycles. The Balaban J connectivity index is 1.56. The molecule has 176 valence electrons. The van der Waals surface area contributed by atoms with E-state index in [0.717, 1.165) is 12.8 Å². The maximum Gasteiger partial charge on any atom is 0.407 e. The van der Waals surface area contributed by atoms with E-state index in [0.29, 0.717) is 26.1 Å². The number of methoxy groups -OCH3 is 1. The molecular formula is C22H37N3O6. The highest BCUT2D eigenvalue weighted by Gasteiger charge is 2.72. The van der Waals surface area contributed by atoms with Gasteiger partial charge in [-0.15, -0.1) is 0 Å². The van der Waals surface area contributed by atoms with Gasteiger partial charge in [-0.25, -0.2) is 4.79 Å². The summed E-state index contributed by atoms with van der Waals surface area (Å²) in [4.78, 5) is 23.8. The van der Waals surface area contributed by atoms with Crippen LogP contribution in [-0.2, 0) is 23.7 Å². The molecular weight excluding hydrogens is 402 g/mol. The highest BCUT2D eigenvalue weighted by atomic mass is 16.6. The van der Waals surface area contributed by atoms with Crippen molar-refractivity contribution in [1.29, 1.82) is 0 Å². The molecule has 9 heteroatoms. The van der Waals surface area contributed by atoms with E-state index in [1.54, 1.807) is 14.2 Å². The number of carbonyl (C=O) groups is 2. The van der Waals surface area contributed by atoms with Gasteiger partial charge in [0.2, 0.25) is 5.91 Å². The third-order valence-electron chi connectivity index (χ3n) is 6.55. The SMILES string of the molecule is CNCC(=O)NCCNC(=O)OC1CC[C@]2(CO2)C(C2(C)O[C@@H]2CC=C(C)C)C1OC. The number of hydrogen-bond donors (Lipinski definition) is 3. The quantitative estimate of drug-likeness (QED) is 0.266. The fraction of sp³-hybridized carbons (Fsp3) is 0.818. The standard InChI is InChI=1S/C22H37N3O6/c1-14(2)6-7-16-21(3,31-16)19-18(28-5)15(8-9-22(19)13-29-22)30-20(27)25-11-10-24-17(26)12-23-4/h6,15-16,18-19,23H,7-13H2,1-5H3,(H,24,26)(H,25,27)/t15?,16-,18?,19?,21?,22+/m1/s1. The van der Waals surface area contributed by atoms with Crippen LogP contribution in [-0.4, -0.2) is 81.9 Å². The van der Waals surface area contributed by atoms with Gasteiger partial charge >= 0.3 is 6.09 Å². The van der Waals surface area contributed by atoms with Gasteiger partial charge in [0.25, 0.3) is 0 Å². The number of ether oxygens (including phenoxy) is 4. The fourth-order valence-electron chi connectivity index (χ4n) is 4.84. The average molecular weight is 440 g/mol. The summed E-state index contributed by atoms with van der Waals surface area (Å²) >= 11 is 0. The van der Waals surface area contributed by atoms with Crippen molar-refractivity contribution >= 4 is 12.0 Å². The van der Waals surface area contributed by atoms with E-state index in [-0.39, 0.29) is 47.9 Å². The first-order valence-corrected chi connectivity index (χ1v) is 11.1. The molecule has 3 rings (SSSR count). The van der Waals surface area contributed by atoms with Gasteiger partial charge < -0.3 is 34.9 Å². The van der Waals surface area contributed by atoms with Crippen LogP contribution in [0.25, 0.3) is 0 Å². The van der Waals surface area contributed by atoms with E-state index < -0.39 is 6.09 Å². The number of allylic oxidation sites excluding steroid dienone is 1. The Kier molecular flexibility index (Phi) is 7.62. The molecule has 3 N–H and O–H groups in total. The Hall–Kier alpha value is -1.68. The molecule has 31 heavy (non-hydrogen) atoms. The molecule has 1 saturated carbocycles. The maximum absolute atomic E-state index is 12.3. The van der Waals surface area contributed by atoms with Crippen LogP contribution < -0.4 is 16.0 Å². The van der Waals surface area contributed by atoms with Gasteiger partial charge in [0.15, 0.2) is 0 Å². The van der Waals surface area contributed by atoms with Crippen molar-refractivity contribution in [2.24, 2.45) is 5.92 Å². The highest BCUT2D eigenvalue weighted by molar-refractivity contribution is 5.78. The van der Waals surface area contributed by atoms with Crippen molar-refractivity contribution in [3.63, 3.8) is 0 Å². The van der Waals surface area contributed by atoms with Crippen molar-refractivity contribution < 1.29 is 28.5 Å². The van der Waals surface area contributed by atoms with Gasteiger partial charge in [-0.3, -0.25) is 4.79 Å². The number of carbonyl (C=O) groups excluding carboxylic acids is 2. The smallest absolute Gasteiger partial charge is 0.407 e. The molecule has 2 heterocycles. The third-order valence-corrected chi connectivity index (χ3v) is 6.55. The third kappa shape index (κ3) is 5.58. The van der Waals surface area contributed by atoms with Crippen LogP contribution in [0.2, 0.25) is 0 Å². The van der Waals surface area contributed by atoms with Crippen LogP contribution in [0, 0.1) is 5.92 Å². The Morgan fingerprint density at radius 1 is 1.23 bits per heavy atom. The van der Waals surface area contributed by atoms with Gasteiger partial charge in [0.1, 0.15) is 23.4 Å². The largest absolute Gasteiger partial charge is 0.443 e. The van der Waals surface area contributed by atoms with Crippen molar-refractivity contribution in [1.82, 2.24) is 16.0 Å². The first-order valence-electron chi connectivity index (χ1n) is 11.1. The van der Waals surface area contributed by atoms with Crippen LogP contribution in [0.4, 0.5) is 4.79 Å². The lowest BCUT2D eigenvalue weighted by Crippen LogP contribution is -2.56. The summed E-state index contributed by atoms with van der Waals surface area (Å²) in [5, 5.41) is 8.17. The summed E-state index contributed by atoms with van der Waals surface area (Å²) in [5.74, 6) is -0.129. The predicted molar refractivity (Wildman–Crippen MR) is 115 cm³/mol. The number of epoxide rings is 2. The minimum Gasteiger partial charge on any atom is -0.443 e. The number of alkyl carbamates (subject to hydrolysis) is 1. The van der Waals surface area contributed by atoms with Crippen LogP contribution in [0.1, 0.15) is 40.0 Å². The Morgan fingerprint density at radius 3 is 2.55 bits per heavy atom. The zero-order chi connectivity index (χ0) is 22.6. The van der Waals surface area contributed by atoms with Crippen molar-refractivity contribution in [3.05, 3.63) is 11.6 Å². The van der Waals surface area contributed by atoms with Gasteiger partial charge in [-0.2, -0.15) is 0 Å². The predicted octanol–water partition coefficient (Wildman–Crippen LogP) is 1.12. The molecule has 6 atom stereocenters. The fourth-order valence-corrected chi connectivity index (χ4v) is 4.84. The first kappa shape index (κ1) is 24.0. The summed E-state index contributed by atoms with van der Waals surface area (Å²) in [7, 11) is 3.36. The van der Waals surface area contributed by atoms with Gasteiger partial charge in [0, 0.05) is 20.2 Å². The lowest BCUT2D eigenvalue weighted by molar-refractivity contribution is -0.120.